The molecule has 1 saturated heterocycles. The molecule has 1 fully saturated rings. The quantitative estimate of drug-likeness (QED) is 0.844. The van der Waals surface area contributed by atoms with Gasteiger partial charge in [0.05, 0.1) is 6.10 Å². The number of anilines is 1. The first kappa shape index (κ1) is 12.4. The zero-order chi connectivity index (χ0) is 12.1. The van der Waals surface area contributed by atoms with Crippen molar-refractivity contribution < 1.29 is 4.74 Å². The summed E-state index contributed by atoms with van der Waals surface area (Å²) < 4.78 is 5.68. The van der Waals surface area contributed by atoms with Crippen LogP contribution in [-0.4, -0.2) is 32.8 Å². The molecule has 0 radical (unpaired) electrons. The predicted molar refractivity (Wildman–Crippen MR) is 71.4 cm³/mol. The normalized spacial score (nSPS) is 19.5. The van der Waals surface area contributed by atoms with Crippen LogP contribution in [0.3, 0.4) is 0 Å². The first-order valence-electron chi connectivity index (χ1n) is 6.42. The van der Waals surface area contributed by atoms with Gasteiger partial charge in [-0.2, -0.15) is 0 Å². The van der Waals surface area contributed by atoms with Crippen molar-refractivity contribution >= 4 is 5.69 Å². The number of nitrogens with two attached hydrogens (primary N) is 1. The fourth-order valence-electron chi connectivity index (χ4n) is 2.44. The van der Waals surface area contributed by atoms with Gasteiger partial charge in [-0.05, 0) is 37.4 Å². The first-order valence-corrected chi connectivity index (χ1v) is 6.42. The van der Waals surface area contributed by atoms with Gasteiger partial charge in [0.1, 0.15) is 0 Å². The fourth-order valence-corrected chi connectivity index (χ4v) is 2.44. The van der Waals surface area contributed by atoms with Crippen LogP contribution in [0.15, 0.2) is 24.3 Å². The van der Waals surface area contributed by atoms with Crippen LogP contribution in [0.1, 0.15) is 18.4 Å². The minimum absolute atomic E-state index is 0.394. The third kappa shape index (κ3) is 3.20. The lowest BCUT2D eigenvalue weighted by Gasteiger charge is -2.25. The van der Waals surface area contributed by atoms with Crippen molar-refractivity contribution in [2.24, 2.45) is 5.73 Å². The molecule has 0 saturated carbocycles. The van der Waals surface area contributed by atoms with Gasteiger partial charge in [-0.25, -0.2) is 0 Å². The van der Waals surface area contributed by atoms with Crippen molar-refractivity contribution in [1.29, 1.82) is 0 Å². The summed E-state index contributed by atoms with van der Waals surface area (Å²) in [6, 6.07) is 8.49. The number of hydrogen-bond donors (Lipinski definition) is 1. The maximum absolute atomic E-state index is 5.68. The van der Waals surface area contributed by atoms with E-state index in [-0.39, 0.29) is 0 Å². The van der Waals surface area contributed by atoms with Gasteiger partial charge in [0.15, 0.2) is 0 Å². The standard InChI is InChI=1S/C14H22N2O/c1-16(11-13-6-4-10-17-13)14-7-3-2-5-12(14)8-9-15/h2-3,5,7,13H,4,6,8-11,15H2,1H3. The van der Waals surface area contributed by atoms with Crippen LogP contribution < -0.4 is 10.6 Å². The van der Waals surface area contributed by atoms with Crippen LogP contribution in [0, 0.1) is 0 Å². The second kappa shape index (κ2) is 6.03. The Morgan fingerprint density at radius 1 is 1.41 bits per heavy atom. The Morgan fingerprint density at radius 3 is 2.94 bits per heavy atom. The molecule has 1 aliphatic heterocycles. The molecule has 0 aliphatic carbocycles. The van der Waals surface area contributed by atoms with Gasteiger partial charge in [0, 0.05) is 25.9 Å². The van der Waals surface area contributed by atoms with Gasteiger partial charge in [0.2, 0.25) is 0 Å². The average Bonchev–Trinajstić information content (AvgIpc) is 2.83. The number of hydrogen-bond acceptors (Lipinski definition) is 3. The topological polar surface area (TPSA) is 38.5 Å². The zero-order valence-corrected chi connectivity index (χ0v) is 10.6. The van der Waals surface area contributed by atoms with Crippen LogP contribution in [-0.2, 0) is 11.2 Å². The summed E-state index contributed by atoms with van der Waals surface area (Å²) in [6.07, 6.45) is 3.71. The second-order valence-corrected chi connectivity index (χ2v) is 4.68. The van der Waals surface area contributed by atoms with E-state index in [4.69, 9.17) is 10.5 Å². The van der Waals surface area contributed by atoms with Crippen molar-refractivity contribution in [3.8, 4) is 0 Å². The van der Waals surface area contributed by atoms with E-state index >= 15 is 0 Å². The van der Waals surface area contributed by atoms with E-state index in [9.17, 15) is 0 Å². The largest absolute Gasteiger partial charge is 0.376 e. The smallest absolute Gasteiger partial charge is 0.0750 e. The Bertz CT molecular complexity index is 348. The highest BCUT2D eigenvalue weighted by Gasteiger charge is 2.18. The molecular weight excluding hydrogens is 212 g/mol. The van der Waals surface area contributed by atoms with Crippen LogP contribution in [0.4, 0.5) is 5.69 Å². The monoisotopic (exact) mass is 234 g/mol. The summed E-state index contributed by atoms with van der Waals surface area (Å²) in [5.74, 6) is 0. The molecule has 17 heavy (non-hydrogen) atoms. The van der Waals surface area contributed by atoms with Crippen molar-refractivity contribution in [2.75, 3.05) is 31.6 Å². The average molecular weight is 234 g/mol. The van der Waals surface area contributed by atoms with E-state index < -0.39 is 0 Å². The third-order valence-electron chi connectivity index (χ3n) is 3.32. The molecule has 3 heteroatoms. The lowest BCUT2D eigenvalue weighted by Crippen LogP contribution is -2.29. The van der Waals surface area contributed by atoms with Gasteiger partial charge >= 0.3 is 0 Å². The van der Waals surface area contributed by atoms with Gasteiger partial charge in [-0.15, -0.1) is 0 Å². The molecule has 0 spiro atoms. The van der Waals surface area contributed by atoms with Crippen molar-refractivity contribution in [2.45, 2.75) is 25.4 Å². The molecule has 1 heterocycles. The first-order chi connectivity index (χ1) is 8.31. The fraction of sp³-hybridized carbons (Fsp3) is 0.571. The molecule has 1 aliphatic rings. The maximum Gasteiger partial charge on any atom is 0.0750 e. The van der Waals surface area contributed by atoms with Crippen LogP contribution >= 0.6 is 0 Å². The predicted octanol–water partition coefficient (Wildman–Crippen LogP) is 1.80. The number of ether oxygens (including phenoxy) is 1. The highest BCUT2D eigenvalue weighted by atomic mass is 16.5. The maximum atomic E-state index is 5.68. The van der Waals surface area contributed by atoms with E-state index in [1.807, 2.05) is 0 Å². The molecule has 1 unspecified atom stereocenters. The molecule has 1 atom stereocenters. The number of nitrogens with zero attached hydrogens (tertiary/aromatic N) is 1. The minimum Gasteiger partial charge on any atom is -0.376 e. The molecule has 3 nitrogen and oxygen atoms in total. The summed E-state index contributed by atoms with van der Waals surface area (Å²) >= 11 is 0. The van der Waals surface area contributed by atoms with E-state index in [0.29, 0.717) is 12.6 Å². The van der Waals surface area contributed by atoms with E-state index in [2.05, 4.69) is 36.2 Å². The summed E-state index contributed by atoms with van der Waals surface area (Å²) in [7, 11) is 2.14. The zero-order valence-electron chi connectivity index (χ0n) is 10.6. The Morgan fingerprint density at radius 2 is 2.24 bits per heavy atom. The van der Waals surface area contributed by atoms with Crippen molar-refractivity contribution in [3.63, 3.8) is 0 Å². The number of likely N-dealkylation sites (N-methyl/N-ethyl adjacent to an activating group) is 1. The van der Waals surface area contributed by atoms with Gasteiger partial charge in [-0.1, -0.05) is 18.2 Å². The molecule has 1 aromatic rings. The highest BCUT2D eigenvalue weighted by molar-refractivity contribution is 5.53. The summed E-state index contributed by atoms with van der Waals surface area (Å²) in [6.45, 7) is 2.59. The summed E-state index contributed by atoms with van der Waals surface area (Å²) in [5, 5.41) is 0. The SMILES string of the molecule is CN(CC1CCCO1)c1ccccc1CCN. The van der Waals surface area contributed by atoms with E-state index in [1.54, 1.807) is 0 Å². The van der Waals surface area contributed by atoms with Crippen molar-refractivity contribution in [3.05, 3.63) is 29.8 Å². The minimum atomic E-state index is 0.394. The Labute approximate surface area is 104 Å². The van der Waals surface area contributed by atoms with Crippen molar-refractivity contribution in [1.82, 2.24) is 0 Å². The molecule has 0 amide bonds. The van der Waals surface area contributed by atoms with Crippen LogP contribution in [0.2, 0.25) is 0 Å². The number of para-hydroxylation sites is 1. The molecule has 0 bridgehead atoms. The Kier molecular flexibility index (Phi) is 4.40. The van der Waals surface area contributed by atoms with Crippen LogP contribution in [0.5, 0.6) is 0 Å². The number of benzene rings is 1. The molecule has 94 valence electrons. The lowest BCUT2D eigenvalue weighted by atomic mass is 10.1. The molecular formula is C14H22N2O. The summed E-state index contributed by atoms with van der Waals surface area (Å²) in [5.41, 5.74) is 8.26. The molecule has 0 aromatic heterocycles. The van der Waals surface area contributed by atoms with Gasteiger partial charge < -0.3 is 15.4 Å². The molecule has 1 aromatic carbocycles. The van der Waals surface area contributed by atoms with Crippen LogP contribution in [0.25, 0.3) is 0 Å². The van der Waals surface area contributed by atoms with Gasteiger partial charge in [0.25, 0.3) is 0 Å². The third-order valence-corrected chi connectivity index (χ3v) is 3.32. The van der Waals surface area contributed by atoms with E-state index in [1.165, 1.54) is 24.1 Å². The molecule has 2 rings (SSSR count). The molecule has 2 N–H and O–H groups in total. The second-order valence-electron chi connectivity index (χ2n) is 4.68. The Hall–Kier alpha value is -1.06. The van der Waals surface area contributed by atoms with E-state index in [0.717, 1.165) is 19.6 Å². The summed E-state index contributed by atoms with van der Waals surface area (Å²) in [4.78, 5) is 2.29. The number of rotatable bonds is 5. The van der Waals surface area contributed by atoms with Gasteiger partial charge in [-0.3, -0.25) is 0 Å². The lowest BCUT2D eigenvalue weighted by molar-refractivity contribution is 0.116. The highest BCUT2D eigenvalue weighted by Crippen LogP contribution is 2.22. The Balaban J connectivity index is 2.03.